The van der Waals surface area contributed by atoms with Crippen LogP contribution >= 0.6 is 7.14 Å². The monoisotopic (exact) mass is 490 g/mol. The Morgan fingerprint density at radius 1 is 0.417 bits per heavy atom. The zero-order chi connectivity index (χ0) is 25.0. The molecule has 0 unspecified atom stereocenters. The van der Waals surface area contributed by atoms with E-state index in [1.807, 2.05) is 141 Å². The van der Waals surface area contributed by atoms with Gasteiger partial charge < -0.3 is 14.0 Å². The number of hydrogen-bond donors (Lipinski definition) is 0. The van der Waals surface area contributed by atoms with E-state index in [1.165, 1.54) is 11.1 Å². The molecule has 3 nitrogen and oxygen atoms in total. The Kier molecular flexibility index (Phi) is 6.75. The summed E-state index contributed by atoms with van der Waals surface area (Å²) in [4.78, 5) is 0. The highest BCUT2D eigenvalue weighted by molar-refractivity contribution is 7.85. The second kappa shape index (κ2) is 10.3. The van der Waals surface area contributed by atoms with E-state index < -0.39 is 7.14 Å². The fourth-order valence-electron chi connectivity index (χ4n) is 4.02. The summed E-state index contributed by atoms with van der Waals surface area (Å²) in [6.07, 6.45) is 0. The van der Waals surface area contributed by atoms with Crippen LogP contribution in [-0.2, 0) is 4.57 Å². The molecule has 0 aliphatic carbocycles. The zero-order valence-electron chi connectivity index (χ0n) is 20.3. The third kappa shape index (κ3) is 5.12. The molecule has 5 aromatic carbocycles. The number of ether oxygens (including phenoxy) is 2. The minimum Gasteiger partial charge on any atom is -0.457 e. The second-order valence-corrected chi connectivity index (χ2v) is 11.5. The summed E-state index contributed by atoms with van der Waals surface area (Å²) in [7, 11) is -3.11. The molecule has 0 N–H and O–H groups in total. The smallest absolute Gasteiger partial charge is 0.171 e. The van der Waals surface area contributed by atoms with Crippen molar-refractivity contribution in [2.75, 3.05) is 0 Å². The number of aryl methyl sites for hydroxylation is 2. The van der Waals surface area contributed by atoms with Crippen molar-refractivity contribution in [2.24, 2.45) is 0 Å². The van der Waals surface area contributed by atoms with Crippen LogP contribution in [0.25, 0.3) is 0 Å². The van der Waals surface area contributed by atoms with E-state index in [9.17, 15) is 4.57 Å². The van der Waals surface area contributed by atoms with Gasteiger partial charge in [-0.2, -0.15) is 0 Å². The van der Waals surface area contributed by atoms with Crippen LogP contribution in [-0.4, -0.2) is 0 Å². The lowest BCUT2D eigenvalue weighted by Gasteiger charge is -2.20. The summed E-state index contributed by atoms with van der Waals surface area (Å²) in [6, 6.07) is 40.5. The molecule has 5 rings (SSSR count). The third-order valence-electron chi connectivity index (χ3n) is 6.03. The Hall–Kier alpha value is -4.07. The molecule has 0 amide bonds. The second-order valence-electron chi connectivity index (χ2n) is 8.76. The molecular weight excluding hydrogens is 463 g/mol. The van der Waals surface area contributed by atoms with Gasteiger partial charge in [0.15, 0.2) is 7.14 Å². The van der Waals surface area contributed by atoms with Crippen LogP contribution < -0.4 is 25.4 Å². The molecular formula is C32H27O3P. The lowest BCUT2D eigenvalue weighted by molar-refractivity contribution is 0.482. The topological polar surface area (TPSA) is 35.5 Å². The molecule has 4 heteroatoms. The normalized spacial score (nSPS) is 11.2. The van der Waals surface area contributed by atoms with E-state index in [-0.39, 0.29) is 0 Å². The number of hydrogen-bond acceptors (Lipinski definition) is 3. The van der Waals surface area contributed by atoms with Gasteiger partial charge in [-0.05, 0) is 86.6 Å². The van der Waals surface area contributed by atoms with Crippen LogP contribution in [0, 0.1) is 13.8 Å². The summed E-state index contributed by atoms with van der Waals surface area (Å²) in [5.41, 5.74) is 2.36. The SMILES string of the molecule is Cc1ccc(Oc2ccc(P(=O)(c3ccccc3)c3ccc(Oc4ccc(C)cc4)cc3)cc2)cc1. The molecule has 0 radical (unpaired) electrons. The van der Waals surface area contributed by atoms with Gasteiger partial charge in [-0.1, -0.05) is 65.7 Å². The first-order valence-electron chi connectivity index (χ1n) is 11.9. The zero-order valence-corrected chi connectivity index (χ0v) is 21.2. The van der Waals surface area contributed by atoms with Crippen molar-refractivity contribution in [3.8, 4) is 23.0 Å². The van der Waals surface area contributed by atoms with E-state index in [1.54, 1.807) is 0 Å². The first kappa shape index (κ1) is 23.7. The fourth-order valence-corrected chi connectivity index (χ4v) is 6.64. The Labute approximate surface area is 212 Å². The Balaban J connectivity index is 1.45. The van der Waals surface area contributed by atoms with Gasteiger partial charge in [0.05, 0.1) is 0 Å². The predicted octanol–water partition coefficient (Wildman–Crippen LogP) is 7.53. The lowest BCUT2D eigenvalue weighted by atomic mass is 10.2. The molecule has 36 heavy (non-hydrogen) atoms. The van der Waals surface area contributed by atoms with E-state index in [4.69, 9.17) is 9.47 Å². The van der Waals surface area contributed by atoms with Crippen molar-refractivity contribution >= 4 is 23.1 Å². The van der Waals surface area contributed by atoms with E-state index in [2.05, 4.69) is 0 Å². The predicted molar refractivity (Wildman–Crippen MR) is 148 cm³/mol. The highest BCUT2D eigenvalue weighted by atomic mass is 31.2. The first-order valence-corrected chi connectivity index (χ1v) is 13.6. The van der Waals surface area contributed by atoms with Crippen molar-refractivity contribution in [3.63, 3.8) is 0 Å². The van der Waals surface area contributed by atoms with Crippen molar-refractivity contribution < 1.29 is 14.0 Å². The maximum Gasteiger partial charge on any atom is 0.171 e. The van der Waals surface area contributed by atoms with Crippen LogP contribution in [0.2, 0.25) is 0 Å². The summed E-state index contributed by atoms with van der Waals surface area (Å²) in [5.74, 6) is 2.93. The highest BCUT2D eigenvalue weighted by Crippen LogP contribution is 2.43. The molecule has 0 saturated carbocycles. The molecule has 0 bridgehead atoms. The van der Waals surface area contributed by atoms with Crippen LogP contribution in [0.3, 0.4) is 0 Å². The molecule has 0 fully saturated rings. The molecule has 178 valence electrons. The molecule has 5 aromatic rings. The Bertz CT molecular complexity index is 1380. The van der Waals surface area contributed by atoms with Crippen molar-refractivity contribution in [1.82, 2.24) is 0 Å². The summed E-state index contributed by atoms with van der Waals surface area (Å²) in [6.45, 7) is 4.09. The third-order valence-corrected chi connectivity index (χ3v) is 9.11. The number of rotatable bonds is 7. The van der Waals surface area contributed by atoms with E-state index >= 15 is 0 Å². The fraction of sp³-hybridized carbons (Fsp3) is 0.0625. The van der Waals surface area contributed by atoms with Gasteiger partial charge >= 0.3 is 0 Å². The number of benzene rings is 5. The molecule has 0 atom stereocenters. The minimum absolute atomic E-state index is 0.698. The first-order chi connectivity index (χ1) is 17.5. The van der Waals surface area contributed by atoms with Crippen molar-refractivity contribution in [3.05, 3.63) is 139 Å². The Morgan fingerprint density at radius 2 is 0.722 bits per heavy atom. The molecule has 0 heterocycles. The van der Waals surface area contributed by atoms with Crippen LogP contribution in [0.4, 0.5) is 0 Å². The van der Waals surface area contributed by atoms with Gasteiger partial charge in [0.1, 0.15) is 23.0 Å². The van der Waals surface area contributed by atoms with E-state index in [0.29, 0.717) is 11.5 Å². The molecule has 0 saturated heterocycles. The quantitative estimate of drug-likeness (QED) is 0.221. The standard InChI is InChI=1S/C32H27O3P/c1-24-8-12-26(13-9-24)34-28-16-20-31(21-17-28)36(33,30-6-4-3-5-7-30)32-22-18-29(19-23-32)35-27-14-10-25(2)11-15-27/h3-23H,1-2H3. The lowest BCUT2D eigenvalue weighted by Crippen LogP contribution is -2.24. The van der Waals surface area contributed by atoms with E-state index in [0.717, 1.165) is 27.4 Å². The van der Waals surface area contributed by atoms with Crippen molar-refractivity contribution in [1.29, 1.82) is 0 Å². The molecule has 0 aliphatic rings. The van der Waals surface area contributed by atoms with Crippen LogP contribution in [0.15, 0.2) is 127 Å². The summed E-state index contributed by atoms with van der Waals surface area (Å²) < 4.78 is 26.7. The maximum atomic E-state index is 14.8. The molecule has 0 spiro atoms. The Morgan fingerprint density at radius 3 is 1.08 bits per heavy atom. The van der Waals surface area contributed by atoms with Gasteiger partial charge in [-0.25, -0.2) is 0 Å². The van der Waals surface area contributed by atoms with Crippen molar-refractivity contribution in [2.45, 2.75) is 13.8 Å². The van der Waals surface area contributed by atoms with Gasteiger partial charge in [0.2, 0.25) is 0 Å². The molecule has 0 aliphatic heterocycles. The summed E-state index contributed by atoms with van der Waals surface area (Å²) in [5, 5.41) is 2.28. The van der Waals surface area contributed by atoms with Gasteiger partial charge in [-0.3, -0.25) is 0 Å². The highest BCUT2D eigenvalue weighted by Gasteiger charge is 2.29. The largest absolute Gasteiger partial charge is 0.457 e. The van der Waals surface area contributed by atoms with Gasteiger partial charge in [0, 0.05) is 15.9 Å². The maximum absolute atomic E-state index is 14.8. The minimum atomic E-state index is -3.11. The average Bonchev–Trinajstić information content (AvgIpc) is 2.92. The summed E-state index contributed by atoms with van der Waals surface area (Å²) >= 11 is 0. The van der Waals surface area contributed by atoms with Crippen LogP contribution in [0.1, 0.15) is 11.1 Å². The van der Waals surface area contributed by atoms with Crippen LogP contribution in [0.5, 0.6) is 23.0 Å². The van der Waals surface area contributed by atoms with Gasteiger partial charge in [-0.15, -0.1) is 0 Å². The van der Waals surface area contributed by atoms with Gasteiger partial charge in [0.25, 0.3) is 0 Å². The molecule has 0 aromatic heterocycles. The average molecular weight is 491 g/mol.